The Morgan fingerprint density at radius 1 is 1.05 bits per heavy atom. The number of ether oxygens (including phenoxy) is 1. The number of anilines is 4. The maximum absolute atomic E-state index is 12.1. The van der Waals surface area contributed by atoms with Crippen molar-refractivity contribution in [2.24, 2.45) is 5.92 Å². The largest absolute Gasteiger partial charge is 0.379 e. The minimum Gasteiger partial charge on any atom is -0.379 e. The Morgan fingerprint density at radius 3 is 2.50 bits per heavy atom. The van der Waals surface area contributed by atoms with Gasteiger partial charge in [0.2, 0.25) is 5.91 Å². The molecule has 0 radical (unpaired) electrons. The molecule has 3 aliphatic rings. The number of hydrogen-bond acceptors (Lipinski definition) is 10. The number of amides is 1. The number of rotatable bonds is 8. The Bertz CT molecular complexity index is 1250. The zero-order chi connectivity index (χ0) is 25.9. The molecule has 6 rings (SSSR count). The van der Waals surface area contributed by atoms with Crippen molar-refractivity contribution in [3.8, 4) is 0 Å². The van der Waals surface area contributed by atoms with E-state index in [2.05, 4.69) is 25.4 Å². The zero-order valence-corrected chi connectivity index (χ0v) is 23.2. The summed E-state index contributed by atoms with van der Waals surface area (Å²) in [5.41, 5.74) is 0.825. The number of aromatic nitrogens is 3. The number of aryl methyl sites for hydroxylation is 1. The van der Waals surface area contributed by atoms with E-state index in [9.17, 15) is 4.79 Å². The predicted octanol–water partition coefficient (Wildman–Crippen LogP) is 4.79. The molecule has 9 nitrogen and oxygen atoms in total. The van der Waals surface area contributed by atoms with Gasteiger partial charge in [0.1, 0.15) is 11.6 Å². The summed E-state index contributed by atoms with van der Waals surface area (Å²) in [6, 6.07) is 10.6. The number of nitrogens with one attached hydrogen (secondary N) is 2. The number of thiazole rings is 1. The van der Waals surface area contributed by atoms with Crippen molar-refractivity contribution < 1.29 is 9.53 Å². The quantitative estimate of drug-likeness (QED) is 0.383. The van der Waals surface area contributed by atoms with Gasteiger partial charge >= 0.3 is 0 Å². The average Bonchev–Trinajstić information content (AvgIpc) is 3.72. The fraction of sp³-hybridized carbons (Fsp3) is 0.481. The molecule has 2 N–H and O–H groups in total. The lowest BCUT2D eigenvalue weighted by Crippen LogP contribution is -2.49. The molecule has 200 valence electrons. The first-order valence-corrected chi connectivity index (χ1v) is 15.0. The van der Waals surface area contributed by atoms with Crippen molar-refractivity contribution in [2.45, 2.75) is 48.7 Å². The van der Waals surface area contributed by atoms with Gasteiger partial charge in [0, 0.05) is 65.9 Å². The molecule has 1 aliphatic carbocycles. The number of nitrogens with zero attached hydrogens (tertiary/aromatic N) is 5. The molecule has 3 fully saturated rings. The van der Waals surface area contributed by atoms with Gasteiger partial charge in [0.25, 0.3) is 0 Å². The Kier molecular flexibility index (Phi) is 7.77. The van der Waals surface area contributed by atoms with Gasteiger partial charge in [-0.2, -0.15) is 0 Å². The third kappa shape index (κ3) is 6.45. The van der Waals surface area contributed by atoms with Crippen LogP contribution in [0.15, 0.2) is 46.6 Å². The molecule has 3 aromatic rings. The second kappa shape index (κ2) is 11.6. The van der Waals surface area contributed by atoms with Crippen LogP contribution >= 0.6 is 23.1 Å². The average molecular weight is 552 g/mol. The van der Waals surface area contributed by atoms with Crippen molar-refractivity contribution in [1.29, 1.82) is 0 Å². The lowest BCUT2D eigenvalue weighted by molar-refractivity contribution is -0.117. The molecule has 0 bridgehead atoms. The van der Waals surface area contributed by atoms with Crippen molar-refractivity contribution in [3.63, 3.8) is 0 Å². The fourth-order valence-electron chi connectivity index (χ4n) is 4.91. The van der Waals surface area contributed by atoms with E-state index in [4.69, 9.17) is 14.7 Å². The Morgan fingerprint density at radius 2 is 1.82 bits per heavy atom. The van der Waals surface area contributed by atoms with E-state index in [1.54, 1.807) is 11.3 Å². The number of piperidine rings is 1. The molecule has 4 heterocycles. The van der Waals surface area contributed by atoms with Crippen molar-refractivity contribution in [3.05, 3.63) is 41.4 Å². The van der Waals surface area contributed by atoms with Crippen molar-refractivity contribution >= 4 is 51.5 Å². The summed E-state index contributed by atoms with van der Waals surface area (Å²) in [5.74, 6) is 1.99. The Balaban J connectivity index is 1.17. The second-order valence-corrected chi connectivity index (χ2v) is 12.3. The summed E-state index contributed by atoms with van der Waals surface area (Å²) >= 11 is 3.13. The zero-order valence-electron chi connectivity index (χ0n) is 21.6. The summed E-state index contributed by atoms with van der Waals surface area (Å²) in [7, 11) is 0. The van der Waals surface area contributed by atoms with Crippen LogP contribution < -0.4 is 15.5 Å². The lowest BCUT2D eigenvalue weighted by Gasteiger charge is -2.40. The van der Waals surface area contributed by atoms with Crippen LogP contribution in [-0.2, 0) is 9.53 Å². The van der Waals surface area contributed by atoms with Crippen LogP contribution in [0.4, 0.5) is 22.5 Å². The van der Waals surface area contributed by atoms with Crippen molar-refractivity contribution in [1.82, 2.24) is 19.9 Å². The van der Waals surface area contributed by atoms with Gasteiger partial charge in [-0.1, -0.05) is 0 Å². The SMILES string of the molecule is Cc1cnc(Nc2cc(N3CCC(N4CCOCC4)CC3)nc(Sc3ccc(NC(=O)C4CC4)cc3)n2)s1. The van der Waals surface area contributed by atoms with Gasteiger partial charge in [-0.05, 0) is 68.6 Å². The predicted molar refractivity (Wildman–Crippen MR) is 152 cm³/mol. The first kappa shape index (κ1) is 25.5. The van der Waals surface area contributed by atoms with Gasteiger partial charge in [0.05, 0.1) is 13.2 Å². The molecule has 1 saturated carbocycles. The highest BCUT2D eigenvalue weighted by molar-refractivity contribution is 7.99. The van der Waals surface area contributed by atoms with Gasteiger partial charge in [0.15, 0.2) is 10.3 Å². The molecule has 0 unspecified atom stereocenters. The van der Waals surface area contributed by atoms with E-state index >= 15 is 0 Å². The molecule has 1 aromatic carbocycles. The van der Waals surface area contributed by atoms with E-state index in [0.29, 0.717) is 11.2 Å². The monoisotopic (exact) mass is 551 g/mol. The number of carbonyl (C=O) groups excluding carboxylic acids is 1. The summed E-state index contributed by atoms with van der Waals surface area (Å²) in [6.45, 7) is 7.72. The maximum atomic E-state index is 12.1. The number of morpholine rings is 1. The van der Waals surface area contributed by atoms with E-state index < -0.39 is 0 Å². The fourth-order valence-corrected chi connectivity index (χ4v) is 6.35. The first-order chi connectivity index (χ1) is 18.6. The third-order valence-electron chi connectivity index (χ3n) is 7.18. The maximum Gasteiger partial charge on any atom is 0.227 e. The molecule has 2 aromatic heterocycles. The molecule has 1 amide bonds. The van der Waals surface area contributed by atoms with Gasteiger partial charge < -0.3 is 20.3 Å². The lowest BCUT2D eigenvalue weighted by atomic mass is 10.0. The molecule has 2 saturated heterocycles. The summed E-state index contributed by atoms with van der Waals surface area (Å²) < 4.78 is 5.54. The van der Waals surface area contributed by atoms with E-state index in [1.165, 1.54) is 11.8 Å². The van der Waals surface area contributed by atoms with Crippen LogP contribution in [-0.4, -0.2) is 71.2 Å². The molecular weight excluding hydrogens is 518 g/mol. The smallest absolute Gasteiger partial charge is 0.227 e. The van der Waals surface area contributed by atoms with Crippen LogP contribution in [0, 0.1) is 12.8 Å². The highest BCUT2D eigenvalue weighted by atomic mass is 32.2. The number of benzene rings is 1. The highest BCUT2D eigenvalue weighted by Gasteiger charge is 2.29. The summed E-state index contributed by atoms with van der Waals surface area (Å²) in [6.07, 6.45) is 6.10. The minimum absolute atomic E-state index is 0.118. The molecular formula is C27H33N7O2S2. The van der Waals surface area contributed by atoms with E-state index in [1.807, 2.05) is 43.5 Å². The second-order valence-electron chi connectivity index (χ2n) is 10.1. The highest BCUT2D eigenvalue weighted by Crippen LogP contribution is 2.33. The van der Waals surface area contributed by atoms with Crippen LogP contribution in [0.1, 0.15) is 30.6 Å². The van der Waals surface area contributed by atoms with Gasteiger partial charge in [-0.15, -0.1) is 11.3 Å². The van der Waals surface area contributed by atoms with E-state index in [-0.39, 0.29) is 11.8 Å². The Hall–Kier alpha value is -2.73. The molecule has 0 atom stereocenters. The van der Waals surface area contributed by atoms with E-state index in [0.717, 1.165) is 97.3 Å². The van der Waals surface area contributed by atoms with Crippen LogP contribution in [0.2, 0.25) is 0 Å². The van der Waals surface area contributed by atoms with Gasteiger partial charge in [-0.3, -0.25) is 9.69 Å². The van der Waals surface area contributed by atoms with Crippen LogP contribution in [0.5, 0.6) is 0 Å². The normalized spacial score (nSPS) is 18.9. The minimum atomic E-state index is 0.118. The molecule has 38 heavy (non-hydrogen) atoms. The Labute approximate surface area is 231 Å². The standard InChI is InChI=1S/C27H33N7O2S2/c1-18-17-28-26(37-18)30-23-16-24(34-10-8-21(9-11-34)33-12-14-36-15-13-33)32-27(31-23)38-22-6-4-20(5-7-22)29-25(35)19-2-3-19/h4-7,16-17,19,21H,2-3,8-15H2,1H3,(H,29,35)(H,28,30,31,32). The summed E-state index contributed by atoms with van der Waals surface area (Å²) in [5, 5.41) is 7.89. The molecule has 0 spiro atoms. The van der Waals surface area contributed by atoms with Gasteiger partial charge in [-0.25, -0.2) is 15.0 Å². The number of hydrogen-bond donors (Lipinski definition) is 2. The van der Waals surface area contributed by atoms with Crippen LogP contribution in [0.25, 0.3) is 0 Å². The van der Waals surface area contributed by atoms with Crippen molar-refractivity contribution in [2.75, 3.05) is 54.9 Å². The third-order valence-corrected chi connectivity index (χ3v) is 8.88. The topological polar surface area (TPSA) is 95.5 Å². The first-order valence-electron chi connectivity index (χ1n) is 13.3. The molecule has 2 aliphatic heterocycles. The number of carbonyl (C=O) groups is 1. The molecule has 11 heteroatoms. The van der Waals surface area contributed by atoms with Crippen LogP contribution in [0.3, 0.4) is 0 Å². The summed E-state index contributed by atoms with van der Waals surface area (Å²) in [4.78, 5) is 33.4.